The van der Waals surface area contributed by atoms with Crippen molar-refractivity contribution in [2.75, 3.05) is 34.4 Å². The first-order chi connectivity index (χ1) is 16.2. The molecule has 2 aromatic rings. The molecule has 0 amide bonds. The molecule has 0 spiro atoms. The second kappa shape index (κ2) is 11.2. The first kappa shape index (κ1) is 26.0. The number of Topliss-reactive ketones (excluding diaryl/α,β-unsaturated/α-hetero) is 1. The van der Waals surface area contributed by atoms with E-state index < -0.39 is 5.97 Å². The molecule has 2 atom stereocenters. The van der Waals surface area contributed by atoms with Crippen molar-refractivity contribution in [2.24, 2.45) is 0 Å². The molecule has 1 fully saturated rings. The van der Waals surface area contributed by atoms with Crippen LogP contribution in [-0.4, -0.2) is 63.1 Å². The fourth-order valence-corrected chi connectivity index (χ4v) is 4.85. The minimum Gasteiger partial charge on any atom is -0.496 e. The lowest BCUT2D eigenvalue weighted by atomic mass is 9.87. The van der Waals surface area contributed by atoms with Crippen LogP contribution in [0.3, 0.4) is 0 Å². The van der Waals surface area contributed by atoms with E-state index in [2.05, 4.69) is 27.5 Å². The Labute approximate surface area is 212 Å². The molecule has 0 aliphatic carbocycles. The van der Waals surface area contributed by atoms with Gasteiger partial charge in [-0.25, -0.2) is 4.79 Å². The number of methoxy groups -OCH3 is 2. The Morgan fingerprint density at radius 1 is 1.09 bits per heavy atom. The first-order valence-corrected chi connectivity index (χ1v) is 11.9. The molecule has 1 aliphatic rings. The SMILES string of the molecule is COc1cc(OC)c([C@H]2CCN(C)[C@@H]2COC(C)=O)c(OC(=O)c2cccc(I)c2)c1C(C)=O. The van der Waals surface area contributed by atoms with Gasteiger partial charge in [-0.05, 0) is 67.7 Å². The summed E-state index contributed by atoms with van der Waals surface area (Å²) < 4.78 is 23.3. The summed E-state index contributed by atoms with van der Waals surface area (Å²) in [5, 5.41) is 0. The van der Waals surface area contributed by atoms with Crippen molar-refractivity contribution >= 4 is 40.3 Å². The lowest BCUT2D eigenvalue weighted by Gasteiger charge is -2.28. The Morgan fingerprint density at radius 3 is 2.38 bits per heavy atom. The lowest BCUT2D eigenvalue weighted by Crippen LogP contribution is -2.34. The highest BCUT2D eigenvalue weighted by Crippen LogP contribution is 2.48. The average molecular weight is 581 g/mol. The Balaban J connectivity index is 2.19. The highest BCUT2D eigenvalue weighted by atomic mass is 127. The van der Waals surface area contributed by atoms with Crippen molar-refractivity contribution in [3.63, 3.8) is 0 Å². The molecule has 182 valence electrons. The predicted molar refractivity (Wildman–Crippen MR) is 134 cm³/mol. The molecule has 34 heavy (non-hydrogen) atoms. The Bertz CT molecular complexity index is 1100. The fraction of sp³-hybridized carbons (Fsp3) is 0.400. The van der Waals surface area contributed by atoms with Crippen LogP contribution >= 0.6 is 22.6 Å². The molecule has 2 aromatic carbocycles. The number of carbonyl (C=O) groups is 3. The van der Waals surface area contributed by atoms with Crippen LogP contribution in [0, 0.1) is 3.57 Å². The number of hydrogen-bond donors (Lipinski definition) is 0. The molecular formula is C25H28INO7. The van der Waals surface area contributed by atoms with E-state index in [1.165, 1.54) is 28.1 Å². The van der Waals surface area contributed by atoms with Crippen molar-refractivity contribution in [1.82, 2.24) is 4.90 Å². The van der Waals surface area contributed by atoms with E-state index >= 15 is 0 Å². The van der Waals surface area contributed by atoms with Crippen molar-refractivity contribution < 1.29 is 33.3 Å². The molecule has 8 nitrogen and oxygen atoms in total. The van der Waals surface area contributed by atoms with Gasteiger partial charge in [-0.15, -0.1) is 0 Å². The molecule has 0 N–H and O–H groups in total. The summed E-state index contributed by atoms with van der Waals surface area (Å²) in [6, 6.07) is 8.43. The highest BCUT2D eigenvalue weighted by molar-refractivity contribution is 14.1. The number of ketones is 1. The molecule has 1 heterocycles. The van der Waals surface area contributed by atoms with Gasteiger partial charge in [0.15, 0.2) is 11.5 Å². The molecule has 9 heteroatoms. The van der Waals surface area contributed by atoms with E-state index in [4.69, 9.17) is 18.9 Å². The van der Waals surface area contributed by atoms with E-state index in [1.54, 1.807) is 24.3 Å². The molecule has 1 saturated heterocycles. The summed E-state index contributed by atoms with van der Waals surface area (Å²) >= 11 is 2.12. The molecule has 3 rings (SSSR count). The number of rotatable bonds is 8. The van der Waals surface area contributed by atoms with Crippen molar-refractivity contribution in [3.05, 3.63) is 50.6 Å². The highest BCUT2D eigenvalue weighted by Gasteiger charge is 2.40. The number of carbonyl (C=O) groups excluding carboxylic acids is 3. The normalized spacial score (nSPS) is 17.8. The number of nitrogens with zero attached hydrogens (tertiary/aromatic N) is 1. The number of esters is 2. The zero-order valence-electron chi connectivity index (χ0n) is 19.8. The number of benzene rings is 2. The van der Waals surface area contributed by atoms with E-state index in [-0.39, 0.29) is 47.4 Å². The topological polar surface area (TPSA) is 91.4 Å². The van der Waals surface area contributed by atoms with E-state index in [1.807, 2.05) is 13.1 Å². The minimum atomic E-state index is -0.597. The third-order valence-corrected chi connectivity index (χ3v) is 6.62. The van der Waals surface area contributed by atoms with Crippen LogP contribution in [0.4, 0.5) is 0 Å². The lowest BCUT2D eigenvalue weighted by molar-refractivity contribution is -0.142. The Kier molecular flexibility index (Phi) is 8.53. The van der Waals surface area contributed by atoms with Gasteiger partial charge in [-0.3, -0.25) is 14.5 Å². The maximum atomic E-state index is 13.2. The number of likely N-dealkylation sites (tertiary alicyclic amines) is 1. The molecular weight excluding hydrogens is 553 g/mol. The monoisotopic (exact) mass is 581 g/mol. The maximum Gasteiger partial charge on any atom is 0.343 e. The summed E-state index contributed by atoms with van der Waals surface area (Å²) in [5.74, 6) is -0.713. The third-order valence-electron chi connectivity index (χ3n) is 5.94. The van der Waals surface area contributed by atoms with E-state index in [0.717, 1.165) is 10.1 Å². The van der Waals surface area contributed by atoms with Crippen LogP contribution < -0.4 is 14.2 Å². The van der Waals surface area contributed by atoms with Gasteiger partial charge in [0, 0.05) is 28.0 Å². The smallest absolute Gasteiger partial charge is 0.343 e. The van der Waals surface area contributed by atoms with Gasteiger partial charge in [0.2, 0.25) is 0 Å². The molecule has 0 unspecified atom stereocenters. The van der Waals surface area contributed by atoms with Crippen LogP contribution in [0.25, 0.3) is 0 Å². The van der Waals surface area contributed by atoms with Gasteiger partial charge < -0.3 is 18.9 Å². The zero-order valence-corrected chi connectivity index (χ0v) is 22.0. The maximum absolute atomic E-state index is 13.2. The second-order valence-corrected chi connectivity index (χ2v) is 9.35. The quantitative estimate of drug-likeness (QED) is 0.200. The van der Waals surface area contributed by atoms with Gasteiger partial charge in [0.25, 0.3) is 0 Å². The Morgan fingerprint density at radius 2 is 1.79 bits per heavy atom. The van der Waals surface area contributed by atoms with Gasteiger partial charge in [0.1, 0.15) is 23.7 Å². The van der Waals surface area contributed by atoms with E-state index in [0.29, 0.717) is 23.3 Å². The van der Waals surface area contributed by atoms with Crippen molar-refractivity contribution in [1.29, 1.82) is 0 Å². The van der Waals surface area contributed by atoms with Crippen LogP contribution in [0.15, 0.2) is 30.3 Å². The Hall–Kier alpha value is -2.66. The average Bonchev–Trinajstić information content (AvgIpc) is 3.16. The van der Waals surface area contributed by atoms with E-state index in [9.17, 15) is 14.4 Å². The summed E-state index contributed by atoms with van der Waals surface area (Å²) in [6.45, 7) is 3.64. The number of halogens is 1. The standard InChI is InChI=1S/C25H28INO7/c1-14(28)22-20(31-4)12-21(32-5)23(18-9-10-27(3)19(18)13-33-15(2)29)24(22)34-25(30)16-7-6-8-17(26)11-16/h6-8,11-12,18-19H,9-10,13H2,1-5H3/t18-,19+/m0/s1. The molecule has 0 aromatic heterocycles. The molecule has 0 saturated carbocycles. The molecule has 1 aliphatic heterocycles. The van der Waals surface area contributed by atoms with Crippen LogP contribution in [0.2, 0.25) is 0 Å². The summed E-state index contributed by atoms with van der Waals surface area (Å²) in [7, 11) is 4.89. The fourth-order valence-electron chi connectivity index (χ4n) is 4.31. The zero-order chi connectivity index (χ0) is 25.0. The number of ether oxygens (including phenoxy) is 4. The summed E-state index contributed by atoms with van der Waals surface area (Å²) in [6.07, 6.45) is 0.691. The largest absolute Gasteiger partial charge is 0.496 e. The van der Waals surface area contributed by atoms with Crippen LogP contribution in [0.1, 0.15) is 52.5 Å². The van der Waals surface area contributed by atoms with Gasteiger partial charge in [0.05, 0.1) is 25.8 Å². The molecule has 0 radical (unpaired) electrons. The minimum absolute atomic E-state index is 0.112. The van der Waals surface area contributed by atoms with Crippen LogP contribution in [-0.2, 0) is 9.53 Å². The third kappa shape index (κ3) is 5.52. The first-order valence-electron chi connectivity index (χ1n) is 10.8. The van der Waals surface area contributed by atoms with Gasteiger partial charge >= 0.3 is 11.9 Å². The summed E-state index contributed by atoms with van der Waals surface area (Å²) in [4.78, 5) is 39.5. The van der Waals surface area contributed by atoms with Gasteiger partial charge in [-0.2, -0.15) is 0 Å². The van der Waals surface area contributed by atoms with Crippen LogP contribution in [0.5, 0.6) is 17.2 Å². The predicted octanol–water partition coefficient (Wildman–Crippen LogP) is 4.08. The number of hydrogen-bond acceptors (Lipinski definition) is 8. The van der Waals surface area contributed by atoms with Gasteiger partial charge in [-0.1, -0.05) is 6.07 Å². The van der Waals surface area contributed by atoms with Crippen molar-refractivity contribution in [3.8, 4) is 17.2 Å². The summed E-state index contributed by atoms with van der Waals surface area (Å²) in [5.41, 5.74) is 1.10. The number of likely N-dealkylation sites (N-methyl/N-ethyl adjacent to an activating group) is 1. The second-order valence-electron chi connectivity index (χ2n) is 8.10. The van der Waals surface area contributed by atoms with Crippen molar-refractivity contribution in [2.45, 2.75) is 32.2 Å². The molecule has 0 bridgehead atoms.